The maximum atomic E-state index is 11.8. The largest absolute Gasteiger partial charge is 0.454 e. The number of aromatic amines is 1. The van der Waals surface area contributed by atoms with Gasteiger partial charge in [-0.25, -0.2) is 4.98 Å². The summed E-state index contributed by atoms with van der Waals surface area (Å²) >= 11 is 0. The third-order valence-electron chi connectivity index (χ3n) is 2.85. The average molecular weight is 273 g/mol. The Morgan fingerprint density at radius 2 is 2.20 bits per heavy atom. The minimum Gasteiger partial charge on any atom is -0.454 e. The highest BCUT2D eigenvalue weighted by molar-refractivity contribution is 5.93. The summed E-state index contributed by atoms with van der Waals surface area (Å²) in [6.07, 6.45) is 2.46. The molecule has 2 aromatic rings. The van der Waals surface area contributed by atoms with E-state index in [1.165, 1.54) is 12.5 Å². The number of rotatable bonds is 3. The second kappa shape index (κ2) is 5.04. The number of hydrogen-bond acceptors (Lipinski definition) is 5. The van der Waals surface area contributed by atoms with Gasteiger partial charge in [0.1, 0.15) is 5.56 Å². The summed E-state index contributed by atoms with van der Waals surface area (Å²) in [7, 11) is 0. The van der Waals surface area contributed by atoms with Crippen LogP contribution < -0.4 is 20.3 Å². The molecule has 2 N–H and O–H groups in total. The number of carbonyl (C=O) groups excluding carboxylic acids is 1. The summed E-state index contributed by atoms with van der Waals surface area (Å²) in [5.74, 6) is 0.858. The third kappa shape index (κ3) is 2.33. The van der Waals surface area contributed by atoms with Crippen LogP contribution in [0.3, 0.4) is 0 Å². The fourth-order valence-corrected chi connectivity index (χ4v) is 1.83. The lowest BCUT2D eigenvalue weighted by Gasteiger charge is -2.05. The minimum absolute atomic E-state index is 0.0201. The van der Waals surface area contributed by atoms with Crippen molar-refractivity contribution in [3.8, 4) is 11.5 Å². The van der Waals surface area contributed by atoms with Crippen LogP contribution in [-0.4, -0.2) is 22.7 Å². The van der Waals surface area contributed by atoms with Crippen molar-refractivity contribution in [2.24, 2.45) is 0 Å². The first-order chi connectivity index (χ1) is 9.74. The number of hydrogen-bond donors (Lipinski definition) is 2. The number of aromatic nitrogens is 2. The molecule has 0 radical (unpaired) electrons. The fourth-order valence-electron chi connectivity index (χ4n) is 1.83. The minimum atomic E-state index is -0.475. The Morgan fingerprint density at radius 1 is 1.35 bits per heavy atom. The van der Waals surface area contributed by atoms with Crippen LogP contribution in [0.2, 0.25) is 0 Å². The van der Waals surface area contributed by atoms with E-state index in [2.05, 4.69) is 15.3 Å². The van der Waals surface area contributed by atoms with E-state index in [0.29, 0.717) is 11.5 Å². The summed E-state index contributed by atoms with van der Waals surface area (Å²) in [5.41, 5.74) is 0.361. The Bertz CT molecular complexity index is 711. The van der Waals surface area contributed by atoms with Gasteiger partial charge in [-0.1, -0.05) is 6.07 Å². The molecule has 1 aromatic heterocycles. The van der Waals surface area contributed by atoms with Crippen LogP contribution in [0.1, 0.15) is 15.9 Å². The van der Waals surface area contributed by atoms with Gasteiger partial charge in [0.15, 0.2) is 11.5 Å². The van der Waals surface area contributed by atoms with Crippen molar-refractivity contribution < 1.29 is 14.3 Å². The normalized spacial score (nSPS) is 12.2. The summed E-state index contributed by atoms with van der Waals surface area (Å²) in [6, 6.07) is 5.39. The van der Waals surface area contributed by atoms with E-state index in [-0.39, 0.29) is 18.9 Å². The average Bonchev–Trinajstić information content (AvgIpc) is 2.92. The molecule has 20 heavy (non-hydrogen) atoms. The SMILES string of the molecule is O=C(NCc1ccc2c(c1)OCO2)c1cnc[nH]c1=O. The topological polar surface area (TPSA) is 93.3 Å². The number of nitrogens with one attached hydrogen (secondary N) is 2. The Labute approximate surface area is 113 Å². The zero-order valence-electron chi connectivity index (χ0n) is 10.4. The van der Waals surface area contributed by atoms with Gasteiger partial charge in [-0.2, -0.15) is 0 Å². The molecule has 0 bridgehead atoms. The Morgan fingerprint density at radius 3 is 3.05 bits per heavy atom. The van der Waals surface area contributed by atoms with E-state index >= 15 is 0 Å². The first-order valence-corrected chi connectivity index (χ1v) is 5.93. The molecule has 1 aliphatic heterocycles. The monoisotopic (exact) mass is 273 g/mol. The van der Waals surface area contributed by atoms with Gasteiger partial charge in [-0.15, -0.1) is 0 Å². The Balaban J connectivity index is 1.69. The number of benzene rings is 1. The van der Waals surface area contributed by atoms with Crippen molar-refractivity contribution in [2.75, 3.05) is 6.79 Å². The maximum absolute atomic E-state index is 11.8. The van der Waals surface area contributed by atoms with Crippen molar-refractivity contribution >= 4 is 5.91 Å². The highest BCUT2D eigenvalue weighted by Crippen LogP contribution is 2.32. The van der Waals surface area contributed by atoms with Crippen LogP contribution in [0.15, 0.2) is 35.5 Å². The molecule has 1 aromatic carbocycles. The van der Waals surface area contributed by atoms with Gasteiger partial charge in [-0.3, -0.25) is 9.59 Å². The van der Waals surface area contributed by atoms with E-state index in [4.69, 9.17) is 9.47 Å². The molecule has 0 aliphatic carbocycles. The van der Waals surface area contributed by atoms with Crippen molar-refractivity contribution in [3.05, 3.63) is 52.2 Å². The lowest BCUT2D eigenvalue weighted by molar-refractivity contribution is 0.0949. The molecule has 0 spiro atoms. The van der Waals surface area contributed by atoms with Crippen LogP contribution in [0, 0.1) is 0 Å². The molecule has 2 heterocycles. The summed E-state index contributed by atoms with van der Waals surface area (Å²) in [6.45, 7) is 0.486. The van der Waals surface area contributed by atoms with Gasteiger partial charge in [0.25, 0.3) is 11.5 Å². The van der Waals surface area contributed by atoms with Gasteiger partial charge in [0.05, 0.1) is 6.33 Å². The number of amides is 1. The van der Waals surface area contributed by atoms with Crippen molar-refractivity contribution in [1.29, 1.82) is 0 Å². The number of nitrogens with zero attached hydrogens (tertiary/aromatic N) is 1. The summed E-state index contributed by atoms with van der Waals surface area (Å²) in [4.78, 5) is 29.3. The second-order valence-electron chi connectivity index (χ2n) is 4.16. The molecule has 0 fully saturated rings. The molecule has 0 saturated carbocycles. The zero-order chi connectivity index (χ0) is 13.9. The highest BCUT2D eigenvalue weighted by atomic mass is 16.7. The van der Waals surface area contributed by atoms with E-state index in [9.17, 15) is 9.59 Å². The maximum Gasteiger partial charge on any atom is 0.263 e. The van der Waals surface area contributed by atoms with Gasteiger partial charge in [0.2, 0.25) is 6.79 Å². The van der Waals surface area contributed by atoms with Gasteiger partial charge in [0, 0.05) is 12.7 Å². The molecule has 1 aliphatic rings. The van der Waals surface area contributed by atoms with Crippen LogP contribution >= 0.6 is 0 Å². The van der Waals surface area contributed by atoms with Crippen molar-refractivity contribution in [2.45, 2.75) is 6.54 Å². The second-order valence-corrected chi connectivity index (χ2v) is 4.16. The number of fused-ring (bicyclic) bond motifs is 1. The zero-order valence-corrected chi connectivity index (χ0v) is 10.4. The molecule has 7 nitrogen and oxygen atoms in total. The molecular weight excluding hydrogens is 262 g/mol. The Kier molecular flexibility index (Phi) is 3.08. The van der Waals surface area contributed by atoms with E-state index in [1.54, 1.807) is 12.1 Å². The first-order valence-electron chi connectivity index (χ1n) is 5.93. The predicted octanol–water partition coefficient (Wildman–Crippen LogP) is 0.429. The van der Waals surface area contributed by atoms with Gasteiger partial charge in [-0.05, 0) is 17.7 Å². The third-order valence-corrected chi connectivity index (χ3v) is 2.85. The quantitative estimate of drug-likeness (QED) is 0.845. The molecule has 0 unspecified atom stereocenters. The summed E-state index contributed by atoms with van der Waals surface area (Å²) in [5, 5.41) is 2.65. The molecule has 0 atom stereocenters. The van der Waals surface area contributed by atoms with E-state index in [0.717, 1.165) is 5.56 Å². The first kappa shape index (κ1) is 12.2. The van der Waals surface area contributed by atoms with Gasteiger partial charge < -0.3 is 19.8 Å². The lowest BCUT2D eigenvalue weighted by atomic mass is 10.2. The standard InChI is InChI=1S/C13H11N3O4/c17-12(9-5-14-6-16-13(9)18)15-4-8-1-2-10-11(3-8)20-7-19-10/h1-3,5-6H,4,7H2,(H,15,17)(H,14,16,18). The van der Waals surface area contributed by atoms with Crippen LogP contribution in [-0.2, 0) is 6.54 Å². The van der Waals surface area contributed by atoms with Crippen molar-refractivity contribution in [1.82, 2.24) is 15.3 Å². The number of H-pyrrole nitrogens is 1. The highest BCUT2D eigenvalue weighted by Gasteiger charge is 2.14. The smallest absolute Gasteiger partial charge is 0.263 e. The van der Waals surface area contributed by atoms with E-state index < -0.39 is 11.5 Å². The van der Waals surface area contributed by atoms with Gasteiger partial charge >= 0.3 is 0 Å². The van der Waals surface area contributed by atoms with E-state index in [1.807, 2.05) is 6.07 Å². The van der Waals surface area contributed by atoms with Crippen LogP contribution in [0.5, 0.6) is 11.5 Å². The van der Waals surface area contributed by atoms with Crippen LogP contribution in [0.25, 0.3) is 0 Å². The molecule has 1 amide bonds. The fraction of sp³-hybridized carbons (Fsp3) is 0.154. The molecule has 3 rings (SSSR count). The van der Waals surface area contributed by atoms with Crippen LogP contribution in [0.4, 0.5) is 0 Å². The number of carbonyl (C=O) groups is 1. The Hall–Kier alpha value is -2.83. The lowest BCUT2D eigenvalue weighted by Crippen LogP contribution is -2.29. The predicted molar refractivity (Wildman–Crippen MR) is 68.6 cm³/mol. The molecule has 7 heteroatoms. The summed E-state index contributed by atoms with van der Waals surface area (Å²) < 4.78 is 10.5. The number of ether oxygens (including phenoxy) is 2. The van der Waals surface area contributed by atoms with Crippen molar-refractivity contribution in [3.63, 3.8) is 0 Å². The molecule has 0 saturated heterocycles. The molecular formula is C13H11N3O4. The molecule has 102 valence electrons.